The Labute approximate surface area is 145 Å². The second-order valence-electron chi connectivity index (χ2n) is 5.63. The van der Waals surface area contributed by atoms with Crippen molar-refractivity contribution in [2.75, 3.05) is 12.4 Å². The minimum absolute atomic E-state index is 0.131. The molecular formula is C18H17ClN2O3. The lowest BCUT2D eigenvalue weighted by Gasteiger charge is -2.11. The zero-order chi connectivity index (χ0) is 17.1. The molecule has 1 saturated carbocycles. The lowest BCUT2D eigenvalue weighted by Crippen LogP contribution is -2.25. The van der Waals surface area contributed by atoms with E-state index in [1.54, 1.807) is 42.5 Å². The van der Waals surface area contributed by atoms with Crippen LogP contribution in [-0.4, -0.2) is 25.0 Å². The number of ether oxygens (including phenoxy) is 1. The molecule has 6 heteroatoms. The van der Waals surface area contributed by atoms with Crippen LogP contribution in [0.1, 0.15) is 33.6 Å². The monoisotopic (exact) mass is 344 g/mol. The van der Waals surface area contributed by atoms with Crippen LogP contribution in [0.3, 0.4) is 0 Å². The molecule has 3 rings (SSSR count). The third-order valence-corrected chi connectivity index (χ3v) is 3.94. The number of halogens is 1. The number of benzene rings is 2. The number of carbonyl (C=O) groups excluding carboxylic acids is 2. The molecule has 2 N–H and O–H groups in total. The molecule has 2 aromatic rings. The molecule has 0 unspecified atom stereocenters. The molecule has 1 aliphatic carbocycles. The Bertz CT molecular complexity index is 788. The molecule has 0 aliphatic heterocycles. The summed E-state index contributed by atoms with van der Waals surface area (Å²) in [6, 6.07) is 11.9. The second kappa shape index (κ2) is 6.93. The molecule has 0 atom stereocenters. The second-order valence-corrected chi connectivity index (χ2v) is 6.06. The Morgan fingerprint density at radius 3 is 2.62 bits per heavy atom. The number of nitrogens with one attached hydrogen (secondary N) is 2. The predicted octanol–water partition coefficient (Wildman–Crippen LogP) is 3.49. The fraction of sp³-hybridized carbons (Fsp3) is 0.222. The number of carbonyl (C=O) groups is 2. The van der Waals surface area contributed by atoms with Gasteiger partial charge in [-0.2, -0.15) is 0 Å². The highest BCUT2D eigenvalue weighted by atomic mass is 35.5. The van der Waals surface area contributed by atoms with Gasteiger partial charge in [-0.25, -0.2) is 0 Å². The van der Waals surface area contributed by atoms with E-state index in [9.17, 15) is 9.59 Å². The van der Waals surface area contributed by atoms with E-state index >= 15 is 0 Å². The summed E-state index contributed by atoms with van der Waals surface area (Å²) in [7, 11) is 1.49. The Morgan fingerprint density at radius 2 is 1.92 bits per heavy atom. The lowest BCUT2D eigenvalue weighted by molar-refractivity contribution is 0.0949. The summed E-state index contributed by atoms with van der Waals surface area (Å²) in [5.74, 6) is -0.0532. The predicted molar refractivity (Wildman–Crippen MR) is 92.9 cm³/mol. The molecule has 0 aromatic heterocycles. The van der Waals surface area contributed by atoms with Gasteiger partial charge in [0.25, 0.3) is 11.8 Å². The van der Waals surface area contributed by atoms with Crippen LogP contribution in [0.2, 0.25) is 5.02 Å². The number of methoxy groups -OCH3 is 1. The van der Waals surface area contributed by atoms with E-state index < -0.39 is 0 Å². The first kappa shape index (κ1) is 16.3. The van der Waals surface area contributed by atoms with Crippen LogP contribution in [-0.2, 0) is 0 Å². The third-order valence-electron chi connectivity index (χ3n) is 3.70. The van der Waals surface area contributed by atoms with E-state index in [4.69, 9.17) is 16.3 Å². The first-order valence-corrected chi connectivity index (χ1v) is 8.00. The first-order valence-electron chi connectivity index (χ1n) is 7.62. The molecule has 0 saturated heterocycles. The van der Waals surface area contributed by atoms with Gasteiger partial charge in [-0.3, -0.25) is 9.59 Å². The van der Waals surface area contributed by atoms with Crippen LogP contribution < -0.4 is 15.4 Å². The van der Waals surface area contributed by atoms with Gasteiger partial charge in [-0.1, -0.05) is 17.7 Å². The summed E-state index contributed by atoms with van der Waals surface area (Å²) < 4.78 is 5.19. The van der Waals surface area contributed by atoms with Gasteiger partial charge in [0.05, 0.1) is 12.7 Å². The number of rotatable bonds is 5. The van der Waals surface area contributed by atoms with Crippen LogP contribution in [0.15, 0.2) is 42.5 Å². The van der Waals surface area contributed by atoms with Crippen molar-refractivity contribution in [2.24, 2.45) is 0 Å². The average Bonchev–Trinajstić information content (AvgIpc) is 3.39. The third kappa shape index (κ3) is 3.86. The van der Waals surface area contributed by atoms with Crippen molar-refractivity contribution in [1.29, 1.82) is 0 Å². The maximum atomic E-state index is 12.5. The minimum Gasteiger partial charge on any atom is -0.496 e. The summed E-state index contributed by atoms with van der Waals surface area (Å²) in [4.78, 5) is 24.6. The maximum absolute atomic E-state index is 12.5. The molecule has 5 nitrogen and oxygen atoms in total. The van der Waals surface area contributed by atoms with E-state index in [0.717, 1.165) is 12.8 Å². The zero-order valence-corrected chi connectivity index (χ0v) is 13.9. The SMILES string of the molecule is COc1ccc(Cl)cc1C(=O)Nc1cccc(C(=O)NC2CC2)c1. The highest BCUT2D eigenvalue weighted by Crippen LogP contribution is 2.24. The van der Waals surface area contributed by atoms with E-state index in [1.807, 2.05) is 0 Å². The smallest absolute Gasteiger partial charge is 0.259 e. The molecule has 1 fully saturated rings. The quantitative estimate of drug-likeness (QED) is 0.872. The van der Waals surface area contributed by atoms with E-state index in [0.29, 0.717) is 27.6 Å². The summed E-state index contributed by atoms with van der Waals surface area (Å²) in [6.45, 7) is 0. The van der Waals surface area contributed by atoms with Crippen LogP contribution in [0.4, 0.5) is 5.69 Å². The van der Waals surface area contributed by atoms with Crippen molar-refractivity contribution in [2.45, 2.75) is 18.9 Å². The van der Waals surface area contributed by atoms with Crippen molar-refractivity contribution in [3.63, 3.8) is 0 Å². The van der Waals surface area contributed by atoms with Gasteiger partial charge in [0.1, 0.15) is 5.75 Å². The fourth-order valence-electron chi connectivity index (χ4n) is 2.29. The Morgan fingerprint density at radius 1 is 1.12 bits per heavy atom. The molecule has 0 radical (unpaired) electrons. The summed E-state index contributed by atoms with van der Waals surface area (Å²) in [5, 5.41) is 6.13. The van der Waals surface area contributed by atoms with Crippen molar-refractivity contribution in [3.05, 3.63) is 58.6 Å². The first-order chi connectivity index (χ1) is 11.6. The van der Waals surface area contributed by atoms with Gasteiger partial charge in [-0.15, -0.1) is 0 Å². The summed E-state index contributed by atoms with van der Waals surface area (Å²) in [6.07, 6.45) is 2.05. The molecule has 0 spiro atoms. The topological polar surface area (TPSA) is 67.4 Å². The number of anilines is 1. The molecule has 2 aromatic carbocycles. The molecule has 0 heterocycles. The van der Waals surface area contributed by atoms with Crippen molar-refractivity contribution in [3.8, 4) is 5.75 Å². The van der Waals surface area contributed by atoms with Crippen molar-refractivity contribution in [1.82, 2.24) is 5.32 Å². The molecule has 2 amide bonds. The van der Waals surface area contributed by atoms with Gasteiger partial charge < -0.3 is 15.4 Å². The molecule has 1 aliphatic rings. The number of amides is 2. The lowest BCUT2D eigenvalue weighted by atomic mass is 10.1. The van der Waals surface area contributed by atoms with Crippen molar-refractivity contribution >= 4 is 29.1 Å². The van der Waals surface area contributed by atoms with Gasteiger partial charge in [0.15, 0.2) is 0 Å². The Kier molecular flexibility index (Phi) is 4.71. The Hall–Kier alpha value is -2.53. The fourth-order valence-corrected chi connectivity index (χ4v) is 2.46. The van der Waals surface area contributed by atoms with Gasteiger partial charge in [0.2, 0.25) is 0 Å². The van der Waals surface area contributed by atoms with Crippen molar-refractivity contribution < 1.29 is 14.3 Å². The molecule has 24 heavy (non-hydrogen) atoms. The van der Waals surface area contributed by atoms with E-state index in [2.05, 4.69) is 10.6 Å². The summed E-state index contributed by atoms with van der Waals surface area (Å²) >= 11 is 5.95. The largest absolute Gasteiger partial charge is 0.496 e. The van der Waals surface area contributed by atoms with Gasteiger partial charge in [0, 0.05) is 22.3 Å². The maximum Gasteiger partial charge on any atom is 0.259 e. The minimum atomic E-state index is -0.353. The van der Waals surface area contributed by atoms with Gasteiger partial charge in [-0.05, 0) is 49.2 Å². The highest BCUT2D eigenvalue weighted by molar-refractivity contribution is 6.31. The van der Waals surface area contributed by atoms with E-state index in [-0.39, 0.29) is 17.9 Å². The normalized spacial score (nSPS) is 13.2. The van der Waals surface area contributed by atoms with Crippen LogP contribution in [0.5, 0.6) is 5.75 Å². The van der Waals surface area contributed by atoms with Crippen LogP contribution in [0.25, 0.3) is 0 Å². The average molecular weight is 345 g/mol. The molecular weight excluding hydrogens is 328 g/mol. The van der Waals surface area contributed by atoms with Crippen LogP contribution >= 0.6 is 11.6 Å². The van der Waals surface area contributed by atoms with Crippen LogP contribution in [0, 0.1) is 0 Å². The Balaban J connectivity index is 1.77. The zero-order valence-electron chi connectivity index (χ0n) is 13.1. The van der Waals surface area contributed by atoms with E-state index in [1.165, 1.54) is 7.11 Å². The number of hydrogen-bond acceptors (Lipinski definition) is 3. The van der Waals surface area contributed by atoms with Gasteiger partial charge >= 0.3 is 0 Å². The standard InChI is InChI=1S/C18H17ClN2O3/c1-24-16-8-5-12(19)10-15(16)18(23)21-14-4-2-3-11(9-14)17(22)20-13-6-7-13/h2-5,8-10,13H,6-7H2,1H3,(H,20,22)(H,21,23). The highest BCUT2D eigenvalue weighted by Gasteiger charge is 2.24. The number of hydrogen-bond donors (Lipinski definition) is 2. The summed E-state index contributed by atoms with van der Waals surface area (Å²) in [5.41, 5.74) is 1.38. The molecule has 124 valence electrons. The molecule has 0 bridgehead atoms.